The number of nitrogen functional groups attached to an aromatic ring is 1. The maximum atomic E-state index is 12.6. The molecule has 0 unspecified atom stereocenters. The Morgan fingerprint density at radius 1 is 1.33 bits per heavy atom. The molecule has 0 atom stereocenters. The number of piperidine rings is 1. The predicted octanol–water partition coefficient (Wildman–Crippen LogP) is 0.497. The molecular weight excluding hydrogens is 290 g/mol. The third kappa shape index (κ3) is 3.22. The topological polar surface area (TPSA) is 84.5 Å². The highest BCUT2D eigenvalue weighted by Crippen LogP contribution is 2.25. The lowest BCUT2D eigenvalue weighted by molar-refractivity contribution is 0.152. The molecule has 8 heteroatoms. The first kappa shape index (κ1) is 16.3. The first-order valence-electron chi connectivity index (χ1n) is 7.43. The summed E-state index contributed by atoms with van der Waals surface area (Å²) in [6.07, 6.45) is 3.20. The summed E-state index contributed by atoms with van der Waals surface area (Å²) >= 11 is 0. The number of anilines is 1. The Morgan fingerprint density at radius 3 is 2.33 bits per heavy atom. The van der Waals surface area contributed by atoms with E-state index in [1.807, 2.05) is 0 Å². The van der Waals surface area contributed by atoms with Crippen LogP contribution in [0.4, 0.5) is 5.82 Å². The largest absolute Gasteiger partial charge is 0.381 e. The van der Waals surface area contributed by atoms with E-state index in [-0.39, 0.29) is 10.7 Å². The van der Waals surface area contributed by atoms with Crippen molar-refractivity contribution in [2.75, 3.05) is 31.9 Å². The molecule has 0 radical (unpaired) electrons. The van der Waals surface area contributed by atoms with Crippen molar-refractivity contribution in [2.24, 2.45) is 7.05 Å². The quantitative estimate of drug-likeness (QED) is 0.855. The summed E-state index contributed by atoms with van der Waals surface area (Å²) in [6.45, 7) is 7.37. The van der Waals surface area contributed by atoms with Gasteiger partial charge in [0.15, 0.2) is 5.82 Å². The van der Waals surface area contributed by atoms with Gasteiger partial charge in [-0.25, -0.2) is 8.42 Å². The molecule has 120 valence electrons. The highest BCUT2D eigenvalue weighted by atomic mass is 32.2. The van der Waals surface area contributed by atoms with Crippen molar-refractivity contribution in [1.82, 2.24) is 19.0 Å². The number of rotatable bonds is 5. The van der Waals surface area contributed by atoms with Crippen LogP contribution < -0.4 is 5.73 Å². The van der Waals surface area contributed by atoms with Gasteiger partial charge in [-0.1, -0.05) is 13.8 Å². The molecule has 1 aliphatic rings. The maximum Gasteiger partial charge on any atom is 0.248 e. The highest BCUT2D eigenvalue weighted by molar-refractivity contribution is 7.89. The molecule has 1 saturated heterocycles. The van der Waals surface area contributed by atoms with Crippen molar-refractivity contribution in [3.63, 3.8) is 0 Å². The Morgan fingerprint density at radius 2 is 1.90 bits per heavy atom. The lowest BCUT2D eigenvalue weighted by Crippen LogP contribution is -2.46. The van der Waals surface area contributed by atoms with E-state index in [0.29, 0.717) is 19.1 Å². The molecular formula is C13H25N5O2S. The molecule has 1 aliphatic heterocycles. The van der Waals surface area contributed by atoms with Crippen LogP contribution in [0.25, 0.3) is 0 Å². The average Bonchev–Trinajstić information content (AvgIpc) is 2.80. The smallest absolute Gasteiger partial charge is 0.248 e. The molecule has 1 aromatic heterocycles. The van der Waals surface area contributed by atoms with E-state index in [4.69, 9.17) is 5.73 Å². The van der Waals surface area contributed by atoms with Gasteiger partial charge in [-0.05, 0) is 25.9 Å². The van der Waals surface area contributed by atoms with E-state index >= 15 is 0 Å². The van der Waals surface area contributed by atoms with Crippen molar-refractivity contribution in [1.29, 1.82) is 0 Å². The summed E-state index contributed by atoms with van der Waals surface area (Å²) in [5.41, 5.74) is 5.71. The molecule has 7 nitrogen and oxygen atoms in total. The number of aryl methyl sites for hydroxylation is 1. The molecule has 2 rings (SSSR count). The molecule has 0 bridgehead atoms. The van der Waals surface area contributed by atoms with Crippen LogP contribution in [-0.4, -0.2) is 59.6 Å². The SMILES string of the molecule is CCN(CC)C1CCN(S(=O)(=O)c2cn(C)nc2N)CC1. The Bertz CT molecular complexity index is 571. The third-order valence-corrected chi connectivity index (χ3v) is 6.11. The summed E-state index contributed by atoms with van der Waals surface area (Å²) in [6, 6.07) is 0.470. The van der Waals surface area contributed by atoms with Crippen LogP contribution in [0.1, 0.15) is 26.7 Å². The van der Waals surface area contributed by atoms with Crippen LogP contribution in [0.3, 0.4) is 0 Å². The fourth-order valence-corrected chi connectivity index (χ4v) is 4.57. The van der Waals surface area contributed by atoms with Gasteiger partial charge in [0.1, 0.15) is 4.90 Å². The Balaban J connectivity index is 2.09. The maximum absolute atomic E-state index is 12.6. The number of nitrogens with two attached hydrogens (primary N) is 1. The summed E-state index contributed by atoms with van der Waals surface area (Å²) in [5, 5.41) is 3.92. The van der Waals surface area contributed by atoms with E-state index < -0.39 is 10.0 Å². The van der Waals surface area contributed by atoms with Gasteiger partial charge in [-0.2, -0.15) is 9.40 Å². The van der Waals surface area contributed by atoms with Gasteiger partial charge in [0.25, 0.3) is 0 Å². The minimum atomic E-state index is -3.53. The Hall–Kier alpha value is -1.12. The van der Waals surface area contributed by atoms with Gasteiger partial charge in [0.05, 0.1) is 0 Å². The average molecular weight is 315 g/mol. The zero-order chi connectivity index (χ0) is 15.6. The van der Waals surface area contributed by atoms with Crippen molar-refractivity contribution >= 4 is 15.8 Å². The van der Waals surface area contributed by atoms with E-state index in [0.717, 1.165) is 25.9 Å². The van der Waals surface area contributed by atoms with Crippen molar-refractivity contribution in [3.05, 3.63) is 6.20 Å². The van der Waals surface area contributed by atoms with Crippen molar-refractivity contribution < 1.29 is 8.42 Å². The zero-order valence-corrected chi connectivity index (χ0v) is 13.8. The van der Waals surface area contributed by atoms with Gasteiger partial charge in [0, 0.05) is 32.4 Å². The number of hydrogen-bond acceptors (Lipinski definition) is 5. The monoisotopic (exact) mass is 315 g/mol. The summed E-state index contributed by atoms with van der Waals surface area (Å²) in [5.74, 6) is 0.0726. The zero-order valence-electron chi connectivity index (χ0n) is 13.0. The number of nitrogens with zero attached hydrogens (tertiary/aromatic N) is 4. The number of hydrogen-bond donors (Lipinski definition) is 1. The van der Waals surface area contributed by atoms with Crippen LogP contribution in [0.5, 0.6) is 0 Å². The third-order valence-electron chi connectivity index (χ3n) is 4.19. The molecule has 0 amide bonds. The normalized spacial score (nSPS) is 18.5. The number of aromatic nitrogens is 2. The second-order valence-corrected chi connectivity index (χ2v) is 7.32. The van der Waals surface area contributed by atoms with Gasteiger partial charge >= 0.3 is 0 Å². The Labute approximate surface area is 126 Å². The molecule has 2 heterocycles. The molecule has 0 aliphatic carbocycles. The lowest BCUT2D eigenvalue weighted by atomic mass is 10.1. The lowest BCUT2D eigenvalue weighted by Gasteiger charge is -2.36. The van der Waals surface area contributed by atoms with E-state index in [1.165, 1.54) is 15.2 Å². The van der Waals surface area contributed by atoms with Crippen LogP contribution in [0.15, 0.2) is 11.1 Å². The first-order chi connectivity index (χ1) is 9.90. The van der Waals surface area contributed by atoms with Crippen LogP contribution in [0, 0.1) is 0 Å². The van der Waals surface area contributed by atoms with Crippen molar-refractivity contribution in [3.8, 4) is 0 Å². The van der Waals surface area contributed by atoms with E-state index in [2.05, 4.69) is 23.8 Å². The predicted molar refractivity (Wildman–Crippen MR) is 82.3 cm³/mol. The summed E-state index contributed by atoms with van der Waals surface area (Å²) in [4.78, 5) is 2.51. The second kappa shape index (κ2) is 6.33. The van der Waals surface area contributed by atoms with Gasteiger partial charge < -0.3 is 10.6 Å². The van der Waals surface area contributed by atoms with E-state index in [9.17, 15) is 8.42 Å². The second-order valence-electron chi connectivity index (χ2n) is 5.41. The fraction of sp³-hybridized carbons (Fsp3) is 0.769. The molecule has 2 N–H and O–H groups in total. The summed E-state index contributed by atoms with van der Waals surface area (Å²) < 4.78 is 28.2. The van der Waals surface area contributed by atoms with E-state index in [1.54, 1.807) is 7.05 Å². The Kier molecular flexibility index (Phi) is 4.90. The molecule has 0 saturated carbocycles. The molecule has 0 aromatic carbocycles. The van der Waals surface area contributed by atoms with Crippen LogP contribution >= 0.6 is 0 Å². The minimum Gasteiger partial charge on any atom is -0.381 e. The van der Waals surface area contributed by atoms with Crippen LogP contribution in [-0.2, 0) is 17.1 Å². The van der Waals surface area contributed by atoms with Gasteiger partial charge in [-0.15, -0.1) is 0 Å². The first-order valence-corrected chi connectivity index (χ1v) is 8.87. The molecule has 21 heavy (non-hydrogen) atoms. The molecule has 0 spiro atoms. The van der Waals surface area contributed by atoms with Gasteiger partial charge in [-0.3, -0.25) is 4.68 Å². The number of sulfonamides is 1. The standard InChI is InChI=1S/C13H25N5O2S/c1-4-17(5-2)11-6-8-18(9-7-11)21(19,20)12-10-16(3)15-13(12)14/h10-11H,4-9H2,1-3H3,(H2,14,15). The molecule has 1 aromatic rings. The van der Waals surface area contributed by atoms with Crippen molar-refractivity contribution in [2.45, 2.75) is 37.6 Å². The minimum absolute atomic E-state index is 0.0726. The fourth-order valence-electron chi connectivity index (χ4n) is 3.01. The highest BCUT2D eigenvalue weighted by Gasteiger charge is 2.33. The molecule has 1 fully saturated rings. The van der Waals surface area contributed by atoms with Gasteiger partial charge in [0.2, 0.25) is 10.0 Å². The summed E-state index contributed by atoms with van der Waals surface area (Å²) in [7, 11) is -1.86. The van der Waals surface area contributed by atoms with Crippen LogP contribution in [0.2, 0.25) is 0 Å².